The first-order valence-electron chi connectivity index (χ1n) is 14.4. The Bertz CT molecular complexity index is 919. The lowest BCUT2D eigenvalue weighted by Gasteiger charge is -2.74. The topological polar surface area (TPSA) is 118 Å². The van der Waals surface area contributed by atoms with Crippen LogP contribution < -0.4 is 0 Å². The van der Waals surface area contributed by atoms with Gasteiger partial charge >= 0.3 is 5.97 Å². The summed E-state index contributed by atoms with van der Waals surface area (Å²) in [6, 6.07) is 0. The summed E-state index contributed by atoms with van der Waals surface area (Å²) in [7, 11) is 0. The van der Waals surface area contributed by atoms with E-state index in [1.165, 1.54) is 0 Å². The number of aliphatic hydroxyl groups excluding tert-OH is 4. The Balaban J connectivity index is 1.59. The molecule has 0 radical (unpaired) electrons. The summed E-state index contributed by atoms with van der Waals surface area (Å²) in [6.07, 6.45) is 4.29. The highest BCUT2D eigenvalue weighted by Crippen LogP contribution is 2.77. The van der Waals surface area contributed by atoms with Gasteiger partial charge in [0.05, 0.1) is 30.3 Å². The largest absolute Gasteiger partial charge is 0.481 e. The van der Waals surface area contributed by atoms with Crippen LogP contribution in [0.5, 0.6) is 0 Å². The molecule has 0 heterocycles. The van der Waals surface area contributed by atoms with Gasteiger partial charge in [-0.25, -0.2) is 0 Å². The van der Waals surface area contributed by atoms with Crippen molar-refractivity contribution in [2.24, 2.45) is 56.2 Å². The fraction of sp³-hybridized carbons (Fsp3) is 0.967. The van der Waals surface area contributed by atoms with Crippen molar-refractivity contribution >= 4 is 5.97 Å². The maximum absolute atomic E-state index is 12.8. The van der Waals surface area contributed by atoms with E-state index < -0.39 is 35.1 Å². The summed E-state index contributed by atoms with van der Waals surface area (Å²) in [4.78, 5) is 12.8. The molecule has 0 aliphatic heterocycles. The molecule has 5 saturated carbocycles. The van der Waals surface area contributed by atoms with Crippen LogP contribution in [0, 0.1) is 56.2 Å². The smallest absolute Gasteiger partial charge is 0.312 e. The van der Waals surface area contributed by atoms with Gasteiger partial charge in [-0.3, -0.25) is 4.79 Å². The summed E-state index contributed by atoms with van der Waals surface area (Å²) in [6.45, 7) is 13.3. The van der Waals surface area contributed by atoms with E-state index in [1.807, 2.05) is 6.92 Å². The molecule has 12 atom stereocenters. The minimum Gasteiger partial charge on any atom is -0.481 e. The number of carboxylic acids is 1. The number of aliphatic hydroxyl groups is 4. The Kier molecular flexibility index (Phi) is 5.92. The van der Waals surface area contributed by atoms with E-state index in [1.54, 1.807) is 0 Å². The van der Waals surface area contributed by atoms with Crippen LogP contribution in [-0.4, -0.2) is 56.4 Å². The van der Waals surface area contributed by atoms with Crippen LogP contribution in [0.15, 0.2) is 0 Å². The molecule has 206 valence electrons. The predicted octanol–water partition coefficient (Wildman–Crippen LogP) is 4.23. The van der Waals surface area contributed by atoms with E-state index in [-0.39, 0.29) is 51.9 Å². The number of hydrogen-bond acceptors (Lipinski definition) is 5. The first kappa shape index (κ1) is 26.9. The highest BCUT2D eigenvalue weighted by Gasteiger charge is 2.73. The molecule has 0 amide bonds. The highest BCUT2D eigenvalue weighted by molar-refractivity contribution is 5.76. The molecule has 6 heteroatoms. The van der Waals surface area contributed by atoms with Gasteiger partial charge < -0.3 is 25.5 Å². The van der Waals surface area contributed by atoms with Gasteiger partial charge in [0.1, 0.15) is 0 Å². The number of carboxylic acid groups (broad SMARTS) is 1. The molecule has 5 aliphatic rings. The van der Waals surface area contributed by atoms with Crippen molar-refractivity contribution in [2.45, 2.75) is 118 Å². The molecule has 5 rings (SSSR count). The van der Waals surface area contributed by atoms with Crippen LogP contribution in [-0.2, 0) is 4.79 Å². The third kappa shape index (κ3) is 3.08. The molecule has 0 spiro atoms. The SMILES string of the molecule is CC1(C)CC[C@]2(C(=O)O)[C@@H](O)C[C@]3(C)[C@@H](CC[C@@H]4[C@@]5(C)C[C@H](O)[C@H](O)[C@@](C)(CO)[C@H]5CC[C@]43C)[C@@H]2C1. The van der Waals surface area contributed by atoms with Crippen LogP contribution in [0.25, 0.3) is 0 Å². The molecule has 0 bridgehead atoms. The van der Waals surface area contributed by atoms with Crippen LogP contribution in [0.4, 0.5) is 0 Å². The van der Waals surface area contributed by atoms with E-state index in [2.05, 4.69) is 34.6 Å². The van der Waals surface area contributed by atoms with Crippen molar-refractivity contribution in [3.8, 4) is 0 Å². The van der Waals surface area contributed by atoms with Gasteiger partial charge in [-0.05, 0) is 103 Å². The van der Waals surface area contributed by atoms with Crippen molar-refractivity contribution in [1.29, 1.82) is 0 Å². The minimum atomic E-state index is -1.05. The van der Waals surface area contributed by atoms with Gasteiger partial charge in [0.25, 0.3) is 0 Å². The molecule has 36 heavy (non-hydrogen) atoms. The Labute approximate surface area is 216 Å². The number of hydrogen-bond donors (Lipinski definition) is 5. The van der Waals surface area contributed by atoms with E-state index in [9.17, 15) is 30.3 Å². The third-order valence-corrected chi connectivity index (χ3v) is 13.8. The van der Waals surface area contributed by atoms with Gasteiger partial charge in [-0.2, -0.15) is 0 Å². The second-order valence-electron chi connectivity index (χ2n) is 15.6. The Morgan fingerprint density at radius 2 is 1.44 bits per heavy atom. The lowest BCUT2D eigenvalue weighted by molar-refractivity contribution is -0.286. The maximum atomic E-state index is 12.8. The molecule has 0 aromatic heterocycles. The predicted molar refractivity (Wildman–Crippen MR) is 137 cm³/mol. The fourth-order valence-corrected chi connectivity index (χ4v) is 11.7. The first-order valence-corrected chi connectivity index (χ1v) is 14.4. The average molecular weight is 507 g/mol. The van der Waals surface area contributed by atoms with Crippen molar-refractivity contribution in [1.82, 2.24) is 0 Å². The molecule has 5 aliphatic carbocycles. The van der Waals surface area contributed by atoms with Crippen molar-refractivity contribution in [2.75, 3.05) is 6.61 Å². The van der Waals surface area contributed by atoms with Gasteiger partial charge in [0.15, 0.2) is 0 Å². The maximum Gasteiger partial charge on any atom is 0.312 e. The van der Waals surface area contributed by atoms with E-state index in [0.717, 1.165) is 38.5 Å². The molecular formula is C30H50O6. The second kappa shape index (κ2) is 7.92. The van der Waals surface area contributed by atoms with Crippen LogP contribution >= 0.6 is 0 Å². The Morgan fingerprint density at radius 3 is 2.06 bits per heavy atom. The normalized spacial score (nSPS) is 58.1. The fourth-order valence-electron chi connectivity index (χ4n) is 11.7. The van der Waals surface area contributed by atoms with Gasteiger partial charge in [0.2, 0.25) is 0 Å². The average Bonchev–Trinajstić information content (AvgIpc) is 2.77. The van der Waals surface area contributed by atoms with Gasteiger partial charge in [-0.1, -0.05) is 41.5 Å². The number of fused-ring (bicyclic) bond motifs is 7. The molecule has 0 saturated heterocycles. The standard InChI is InChI=1S/C30H50O6/c1-25(2)11-12-30(24(35)36)18(13-25)17-7-8-21-26(3)14-19(32)23(34)27(4,16-31)20(26)9-10-28(21,5)29(17,6)15-22(30)33/h17-23,31-34H,7-16H2,1-6H3,(H,35,36)/t17-,18-,19-,20-,21+,22-,23-,26-,27-,28+,29+,30+/m0/s1. The number of carbonyl (C=O) groups is 1. The van der Waals surface area contributed by atoms with Crippen LogP contribution in [0.2, 0.25) is 0 Å². The van der Waals surface area contributed by atoms with Gasteiger partial charge in [-0.15, -0.1) is 0 Å². The minimum absolute atomic E-state index is 0.0442. The Hall–Kier alpha value is -0.690. The van der Waals surface area contributed by atoms with E-state index in [0.29, 0.717) is 19.3 Å². The quantitative estimate of drug-likeness (QED) is 0.383. The van der Waals surface area contributed by atoms with E-state index >= 15 is 0 Å². The zero-order chi connectivity index (χ0) is 26.7. The molecule has 5 N–H and O–H groups in total. The number of aliphatic carboxylic acids is 1. The third-order valence-electron chi connectivity index (χ3n) is 13.8. The summed E-state index contributed by atoms with van der Waals surface area (Å²) < 4.78 is 0. The lowest BCUT2D eigenvalue weighted by Crippen LogP contribution is -2.71. The van der Waals surface area contributed by atoms with Gasteiger partial charge in [0, 0.05) is 5.41 Å². The first-order chi connectivity index (χ1) is 16.5. The molecule has 5 fully saturated rings. The second-order valence-corrected chi connectivity index (χ2v) is 15.6. The summed E-state index contributed by atoms with van der Waals surface area (Å²) in [5.74, 6) is -0.242. The Morgan fingerprint density at radius 1 is 0.778 bits per heavy atom. The molecule has 0 unspecified atom stereocenters. The molecular weight excluding hydrogens is 456 g/mol. The summed E-state index contributed by atoms with van der Waals surface area (Å²) in [5.41, 5.74) is -2.30. The van der Waals surface area contributed by atoms with Crippen molar-refractivity contribution in [3.63, 3.8) is 0 Å². The number of rotatable bonds is 2. The zero-order valence-electron chi connectivity index (χ0n) is 23.3. The van der Waals surface area contributed by atoms with E-state index in [4.69, 9.17) is 0 Å². The monoisotopic (exact) mass is 506 g/mol. The summed E-state index contributed by atoms with van der Waals surface area (Å²) in [5, 5.41) is 54.6. The zero-order valence-corrected chi connectivity index (χ0v) is 23.3. The van der Waals surface area contributed by atoms with Crippen LogP contribution in [0.1, 0.15) is 99.3 Å². The summed E-state index contributed by atoms with van der Waals surface area (Å²) >= 11 is 0. The van der Waals surface area contributed by atoms with Crippen LogP contribution in [0.3, 0.4) is 0 Å². The lowest BCUT2D eigenvalue weighted by atomic mass is 9.31. The molecule has 0 aromatic carbocycles. The molecule has 0 aromatic rings. The van der Waals surface area contributed by atoms with Crippen molar-refractivity contribution in [3.05, 3.63) is 0 Å². The molecule has 6 nitrogen and oxygen atoms in total. The van der Waals surface area contributed by atoms with Crippen molar-refractivity contribution < 1.29 is 30.3 Å². The highest BCUT2D eigenvalue weighted by atomic mass is 16.4.